The lowest BCUT2D eigenvalue weighted by atomic mass is 9.81. The van der Waals surface area contributed by atoms with Crippen LogP contribution in [-0.2, 0) is 4.79 Å². The second-order valence-corrected chi connectivity index (χ2v) is 5.70. The molecule has 0 unspecified atom stereocenters. The summed E-state index contributed by atoms with van der Waals surface area (Å²) in [5.74, 6) is 0.861. The summed E-state index contributed by atoms with van der Waals surface area (Å²) < 4.78 is 0. The van der Waals surface area contributed by atoms with Crippen LogP contribution in [0, 0.1) is 5.92 Å². The molecule has 2 rings (SSSR count). The summed E-state index contributed by atoms with van der Waals surface area (Å²) in [7, 11) is 0. The zero-order chi connectivity index (χ0) is 11.4. The summed E-state index contributed by atoms with van der Waals surface area (Å²) in [5.41, 5.74) is 6.15. The van der Waals surface area contributed by atoms with E-state index in [1.807, 2.05) is 0 Å². The third-order valence-corrected chi connectivity index (χ3v) is 4.19. The highest BCUT2D eigenvalue weighted by Crippen LogP contribution is 2.29. The van der Waals surface area contributed by atoms with E-state index in [4.69, 9.17) is 5.73 Å². The van der Waals surface area contributed by atoms with Crippen LogP contribution < -0.4 is 11.1 Å². The number of halogens is 1. The highest BCUT2D eigenvalue weighted by molar-refractivity contribution is 5.85. The molecule has 4 heteroatoms. The Balaban J connectivity index is 0.00000144. The van der Waals surface area contributed by atoms with E-state index in [1.165, 1.54) is 38.5 Å². The molecule has 0 aromatic heterocycles. The summed E-state index contributed by atoms with van der Waals surface area (Å²) >= 11 is 0. The molecular formula is C13H25ClN2O. The van der Waals surface area contributed by atoms with Crippen LogP contribution in [0.15, 0.2) is 0 Å². The first kappa shape index (κ1) is 14.8. The smallest absolute Gasteiger partial charge is 0.220 e. The van der Waals surface area contributed by atoms with Gasteiger partial charge in [0.1, 0.15) is 0 Å². The maximum atomic E-state index is 11.7. The van der Waals surface area contributed by atoms with Crippen molar-refractivity contribution < 1.29 is 4.79 Å². The highest BCUT2D eigenvalue weighted by Gasteiger charge is 2.28. The number of nitrogens with two attached hydrogens (primary N) is 1. The quantitative estimate of drug-likeness (QED) is 0.816. The van der Waals surface area contributed by atoms with Crippen molar-refractivity contribution in [2.24, 2.45) is 11.7 Å². The van der Waals surface area contributed by atoms with Gasteiger partial charge in [0.25, 0.3) is 0 Å². The van der Waals surface area contributed by atoms with Crippen LogP contribution in [0.3, 0.4) is 0 Å². The molecule has 3 nitrogen and oxygen atoms in total. The lowest BCUT2D eigenvalue weighted by Gasteiger charge is -2.34. The van der Waals surface area contributed by atoms with E-state index >= 15 is 0 Å². The molecule has 2 aliphatic carbocycles. The van der Waals surface area contributed by atoms with Gasteiger partial charge >= 0.3 is 0 Å². The molecule has 0 aromatic carbocycles. The van der Waals surface area contributed by atoms with Gasteiger partial charge in [-0.1, -0.05) is 25.7 Å². The first-order chi connectivity index (χ1) is 7.68. The number of carbonyl (C=O) groups excluding carboxylic acids is 1. The Bertz CT molecular complexity index is 248. The van der Waals surface area contributed by atoms with Gasteiger partial charge in [-0.25, -0.2) is 0 Å². The summed E-state index contributed by atoms with van der Waals surface area (Å²) in [6.07, 6.45) is 10.4. The monoisotopic (exact) mass is 260 g/mol. The minimum atomic E-state index is -0.118. The molecular weight excluding hydrogens is 236 g/mol. The third kappa shape index (κ3) is 4.47. The Kier molecular flexibility index (Phi) is 5.74. The van der Waals surface area contributed by atoms with Crippen molar-refractivity contribution in [1.82, 2.24) is 5.32 Å². The minimum absolute atomic E-state index is 0. The molecule has 0 saturated heterocycles. The molecule has 2 fully saturated rings. The van der Waals surface area contributed by atoms with Crippen molar-refractivity contribution in [3.05, 3.63) is 0 Å². The van der Waals surface area contributed by atoms with E-state index in [-0.39, 0.29) is 23.9 Å². The van der Waals surface area contributed by atoms with Crippen LogP contribution in [0.2, 0.25) is 0 Å². The number of hydrogen-bond acceptors (Lipinski definition) is 2. The predicted octanol–water partition coefficient (Wildman–Crippen LogP) is 2.38. The molecule has 100 valence electrons. The predicted molar refractivity (Wildman–Crippen MR) is 72.2 cm³/mol. The highest BCUT2D eigenvalue weighted by atomic mass is 35.5. The maximum Gasteiger partial charge on any atom is 0.220 e. The van der Waals surface area contributed by atoms with Crippen molar-refractivity contribution in [3.8, 4) is 0 Å². The Labute approximate surface area is 110 Å². The molecule has 3 N–H and O–H groups in total. The summed E-state index contributed by atoms with van der Waals surface area (Å²) in [5, 5.41) is 3.03. The molecule has 0 aromatic rings. The Morgan fingerprint density at radius 3 is 2.35 bits per heavy atom. The van der Waals surface area contributed by atoms with E-state index in [9.17, 15) is 4.79 Å². The lowest BCUT2D eigenvalue weighted by Crippen LogP contribution is -2.51. The van der Waals surface area contributed by atoms with Gasteiger partial charge in [-0.05, 0) is 31.6 Å². The lowest BCUT2D eigenvalue weighted by molar-refractivity contribution is -0.122. The first-order valence-electron chi connectivity index (χ1n) is 6.74. The SMILES string of the molecule is Cl.NC1(CNC(=O)CC2CCC2)CCCCC1. The van der Waals surface area contributed by atoms with E-state index in [0.717, 1.165) is 19.3 Å². The van der Waals surface area contributed by atoms with Gasteiger partial charge in [0.15, 0.2) is 0 Å². The zero-order valence-electron chi connectivity index (χ0n) is 10.5. The number of carbonyl (C=O) groups is 1. The normalized spacial score (nSPS) is 23.4. The standard InChI is InChI=1S/C13H24N2O.ClH/c14-13(7-2-1-3-8-13)10-15-12(16)9-11-5-4-6-11;/h11H,1-10,14H2,(H,15,16);1H. The second-order valence-electron chi connectivity index (χ2n) is 5.70. The van der Waals surface area contributed by atoms with Crippen molar-refractivity contribution >= 4 is 18.3 Å². The summed E-state index contributed by atoms with van der Waals surface area (Å²) in [4.78, 5) is 11.7. The number of amides is 1. The molecule has 0 aliphatic heterocycles. The molecule has 0 bridgehead atoms. The van der Waals surface area contributed by atoms with E-state index in [0.29, 0.717) is 12.5 Å². The van der Waals surface area contributed by atoms with Crippen LogP contribution in [0.1, 0.15) is 57.8 Å². The fraction of sp³-hybridized carbons (Fsp3) is 0.923. The van der Waals surface area contributed by atoms with Crippen LogP contribution in [0.25, 0.3) is 0 Å². The number of nitrogens with one attached hydrogen (secondary N) is 1. The maximum absolute atomic E-state index is 11.7. The zero-order valence-corrected chi connectivity index (χ0v) is 11.4. The molecule has 0 spiro atoms. The molecule has 0 atom stereocenters. The molecule has 1 amide bonds. The average molecular weight is 261 g/mol. The Morgan fingerprint density at radius 2 is 1.82 bits per heavy atom. The Morgan fingerprint density at radius 1 is 1.18 bits per heavy atom. The van der Waals surface area contributed by atoms with Gasteiger partial charge in [0.2, 0.25) is 5.91 Å². The summed E-state index contributed by atoms with van der Waals surface area (Å²) in [6, 6.07) is 0. The van der Waals surface area contributed by atoms with Crippen LogP contribution >= 0.6 is 12.4 Å². The van der Waals surface area contributed by atoms with E-state index < -0.39 is 0 Å². The van der Waals surface area contributed by atoms with Crippen LogP contribution in [0.5, 0.6) is 0 Å². The molecule has 0 heterocycles. The van der Waals surface area contributed by atoms with Gasteiger partial charge in [-0.15, -0.1) is 12.4 Å². The number of hydrogen-bond donors (Lipinski definition) is 2. The average Bonchev–Trinajstić information content (AvgIpc) is 2.22. The molecule has 0 radical (unpaired) electrons. The molecule has 2 aliphatic rings. The van der Waals surface area contributed by atoms with Crippen LogP contribution in [-0.4, -0.2) is 18.0 Å². The van der Waals surface area contributed by atoms with Crippen molar-refractivity contribution in [2.45, 2.75) is 63.3 Å². The van der Waals surface area contributed by atoms with Gasteiger partial charge in [-0.3, -0.25) is 4.79 Å². The van der Waals surface area contributed by atoms with Gasteiger partial charge in [0, 0.05) is 18.5 Å². The number of rotatable bonds is 4. The summed E-state index contributed by atoms with van der Waals surface area (Å²) in [6.45, 7) is 0.679. The fourth-order valence-corrected chi connectivity index (χ4v) is 2.74. The van der Waals surface area contributed by atoms with Crippen LogP contribution in [0.4, 0.5) is 0 Å². The largest absolute Gasteiger partial charge is 0.354 e. The Hall–Kier alpha value is -0.280. The van der Waals surface area contributed by atoms with Crippen molar-refractivity contribution in [3.63, 3.8) is 0 Å². The third-order valence-electron chi connectivity index (χ3n) is 4.19. The van der Waals surface area contributed by atoms with Crippen molar-refractivity contribution in [1.29, 1.82) is 0 Å². The first-order valence-corrected chi connectivity index (χ1v) is 6.74. The fourth-order valence-electron chi connectivity index (χ4n) is 2.74. The second kappa shape index (κ2) is 6.60. The topological polar surface area (TPSA) is 55.1 Å². The van der Waals surface area contributed by atoms with Gasteiger partial charge in [-0.2, -0.15) is 0 Å². The van der Waals surface area contributed by atoms with Gasteiger partial charge < -0.3 is 11.1 Å². The minimum Gasteiger partial charge on any atom is -0.354 e. The molecule has 17 heavy (non-hydrogen) atoms. The molecule has 2 saturated carbocycles. The van der Waals surface area contributed by atoms with E-state index in [1.54, 1.807) is 0 Å². The van der Waals surface area contributed by atoms with Crippen molar-refractivity contribution in [2.75, 3.05) is 6.54 Å². The van der Waals surface area contributed by atoms with Gasteiger partial charge in [0.05, 0.1) is 0 Å². The van der Waals surface area contributed by atoms with E-state index in [2.05, 4.69) is 5.32 Å².